The molecule has 6 heteroatoms. The first kappa shape index (κ1) is 8.10. The Hall–Kier alpha value is -2.24. The molecule has 0 fully saturated rings. The predicted molar refractivity (Wildman–Crippen MR) is 51.1 cm³/mol. The van der Waals surface area contributed by atoms with Crippen molar-refractivity contribution < 1.29 is 4.39 Å². The lowest BCUT2D eigenvalue weighted by Crippen LogP contribution is -2.10. The van der Waals surface area contributed by atoms with Crippen LogP contribution in [0, 0.1) is 5.82 Å². The Labute approximate surface area is 82.2 Å². The molecule has 2 heterocycles. The maximum atomic E-state index is 13.0. The number of aromatic nitrogens is 4. The molecule has 2 aromatic heterocycles. The third kappa shape index (κ3) is 1.04. The van der Waals surface area contributed by atoms with E-state index in [1.807, 2.05) is 0 Å². The zero-order chi connectivity index (χ0) is 10.4. The van der Waals surface area contributed by atoms with Gasteiger partial charge in [0.25, 0.3) is 0 Å². The number of H-pyrrole nitrogens is 1. The van der Waals surface area contributed by atoms with E-state index >= 15 is 0 Å². The third-order valence-corrected chi connectivity index (χ3v) is 2.20. The molecule has 1 aromatic carbocycles. The van der Waals surface area contributed by atoms with Gasteiger partial charge in [-0.2, -0.15) is 5.10 Å². The average molecular weight is 204 g/mol. The topological polar surface area (TPSA) is 63.0 Å². The van der Waals surface area contributed by atoms with Crippen molar-refractivity contribution in [2.75, 3.05) is 0 Å². The van der Waals surface area contributed by atoms with E-state index < -0.39 is 11.5 Å². The molecule has 3 rings (SSSR count). The van der Waals surface area contributed by atoms with Gasteiger partial charge in [-0.1, -0.05) is 0 Å². The van der Waals surface area contributed by atoms with Crippen molar-refractivity contribution in [2.45, 2.75) is 0 Å². The molecule has 0 atom stereocenters. The summed E-state index contributed by atoms with van der Waals surface area (Å²) in [6.45, 7) is 0. The molecule has 0 aliphatic heterocycles. The number of benzene rings is 1. The quantitative estimate of drug-likeness (QED) is 0.586. The first-order chi connectivity index (χ1) is 7.25. The molecule has 1 N–H and O–H groups in total. The molecule has 0 aliphatic rings. The van der Waals surface area contributed by atoms with Crippen LogP contribution < -0.4 is 5.69 Å². The Morgan fingerprint density at radius 2 is 2.27 bits per heavy atom. The highest BCUT2D eigenvalue weighted by Gasteiger charge is 2.06. The molecule has 0 aliphatic carbocycles. The van der Waals surface area contributed by atoms with Gasteiger partial charge in [-0.15, -0.1) is 0 Å². The summed E-state index contributed by atoms with van der Waals surface area (Å²) >= 11 is 0. The minimum Gasteiger partial charge on any atom is -0.251 e. The standard InChI is InChI=1S/C9H5FN4O/c10-5-1-2-6-7(3-5)14-8(4-11-6)12-13-9(14)15/h1-4H,(H,13,15). The second-order valence-corrected chi connectivity index (χ2v) is 3.11. The number of halogens is 1. The maximum absolute atomic E-state index is 13.0. The number of aromatic amines is 1. The fourth-order valence-corrected chi connectivity index (χ4v) is 1.54. The number of rotatable bonds is 0. The van der Waals surface area contributed by atoms with Crippen LogP contribution in [0.15, 0.2) is 29.2 Å². The highest BCUT2D eigenvalue weighted by atomic mass is 19.1. The van der Waals surface area contributed by atoms with Gasteiger partial charge in [0.1, 0.15) is 5.82 Å². The summed E-state index contributed by atoms with van der Waals surface area (Å²) in [5.74, 6) is -0.412. The predicted octanol–water partition coefficient (Wildman–Crippen LogP) is 0.710. The summed E-state index contributed by atoms with van der Waals surface area (Å²) in [5.41, 5.74) is 0.930. The normalized spacial score (nSPS) is 11.3. The highest BCUT2D eigenvalue weighted by Crippen LogP contribution is 2.12. The molecule has 0 radical (unpaired) electrons. The number of fused-ring (bicyclic) bond motifs is 3. The van der Waals surface area contributed by atoms with Crippen molar-refractivity contribution >= 4 is 16.7 Å². The molecule has 0 saturated carbocycles. The molecule has 0 spiro atoms. The second-order valence-electron chi connectivity index (χ2n) is 3.11. The monoisotopic (exact) mass is 204 g/mol. The van der Waals surface area contributed by atoms with E-state index in [1.54, 1.807) is 0 Å². The van der Waals surface area contributed by atoms with Gasteiger partial charge < -0.3 is 0 Å². The lowest BCUT2D eigenvalue weighted by atomic mass is 10.3. The van der Waals surface area contributed by atoms with Gasteiger partial charge in [0, 0.05) is 6.07 Å². The van der Waals surface area contributed by atoms with E-state index in [9.17, 15) is 9.18 Å². The molecule has 74 valence electrons. The van der Waals surface area contributed by atoms with E-state index in [0.717, 1.165) is 0 Å². The zero-order valence-corrected chi connectivity index (χ0v) is 7.44. The Morgan fingerprint density at radius 3 is 3.13 bits per heavy atom. The summed E-state index contributed by atoms with van der Waals surface area (Å²) in [7, 11) is 0. The van der Waals surface area contributed by atoms with Gasteiger partial charge in [0.05, 0.1) is 17.2 Å². The lowest BCUT2D eigenvalue weighted by molar-refractivity contribution is 0.629. The van der Waals surface area contributed by atoms with Gasteiger partial charge in [0.2, 0.25) is 0 Å². The molecule has 0 amide bonds. The molecule has 5 nitrogen and oxygen atoms in total. The van der Waals surface area contributed by atoms with Gasteiger partial charge in [0.15, 0.2) is 5.65 Å². The van der Waals surface area contributed by atoms with Crippen molar-refractivity contribution in [1.29, 1.82) is 0 Å². The number of nitrogens with one attached hydrogen (secondary N) is 1. The van der Waals surface area contributed by atoms with E-state index in [-0.39, 0.29) is 0 Å². The fraction of sp³-hybridized carbons (Fsp3) is 0. The second kappa shape index (κ2) is 2.63. The van der Waals surface area contributed by atoms with E-state index in [4.69, 9.17) is 0 Å². The van der Waals surface area contributed by atoms with Crippen molar-refractivity contribution in [3.63, 3.8) is 0 Å². The highest BCUT2D eigenvalue weighted by molar-refractivity contribution is 5.76. The maximum Gasteiger partial charge on any atom is 0.348 e. The fourth-order valence-electron chi connectivity index (χ4n) is 1.54. The number of hydrogen-bond donors (Lipinski definition) is 1. The number of hydrogen-bond acceptors (Lipinski definition) is 3. The van der Waals surface area contributed by atoms with Crippen LogP contribution >= 0.6 is 0 Å². The Bertz CT molecular complexity index is 715. The van der Waals surface area contributed by atoms with E-state index in [1.165, 1.54) is 28.8 Å². The van der Waals surface area contributed by atoms with Gasteiger partial charge >= 0.3 is 5.69 Å². The molecule has 0 bridgehead atoms. The van der Waals surface area contributed by atoms with Crippen molar-refractivity contribution in [2.24, 2.45) is 0 Å². The molecular weight excluding hydrogens is 199 g/mol. The van der Waals surface area contributed by atoms with Crippen LogP contribution in [0.25, 0.3) is 16.7 Å². The zero-order valence-electron chi connectivity index (χ0n) is 7.44. The number of nitrogens with zero attached hydrogens (tertiary/aromatic N) is 3. The van der Waals surface area contributed by atoms with Crippen LogP contribution in [-0.4, -0.2) is 19.6 Å². The van der Waals surface area contributed by atoms with Crippen LogP contribution in [0.4, 0.5) is 4.39 Å². The summed E-state index contributed by atoms with van der Waals surface area (Å²) in [6.07, 6.45) is 1.46. The Kier molecular flexibility index (Phi) is 1.42. The first-order valence-electron chi connectivity index (χ1n) is 4.27. The summed E-state index contributed by atoms with van der Waals surface area (Å²) in [6, 6.07) is 4.07. The van der Waals surface area contributed by atoms with Crippen LogP contribution in [-0.2, 0) is 0 Å². The molecule has 15 heavy (non-hydrogen) atoms. The van der Waals surface area contributed by atoms with Crippen molar-refractivity contribution in [3.8, 4) is 0 Å². The first-order valence-corrected chi connectivity index (χ1v) is 4.27. The minimum absolute atomic E-state index is 0.373. The Balaban J connectivity index is 2.67. The SMILES string of the molecule is O=c1[nH]nc2cnc3ccc(F)cc3n12. The smallest absolute Gasteiger partial charge is 0.251 e. The largest absolute Gasteiger partial charge is 0.348 e. The Morgan fingerprint density at radius 1 is 1.40 bits per heavy atom. The molecule has 0 saturated heterocycles. The summed E-state index contributed by atoms with van der Waals surface area (Å²) in [4.78, 5) is 15.5. The van der Waals surface area contributed by atoms with Crippen molar-refractivity contribution in [3.05, 3.63) is 40.7 Å². The molecule has 3 aromatic rings. The van der Waals surface area contributed by atoms with Crippen LogP contribution in [0.5, 0.6) is 0 Å². The summed E-state index contributed by atoms with van der Waals surface area (Å²) in [5, 5.41) is 6.02. The van der Waals surface area contributed by atoms with Crippen LogP contribution in [0.1, 0.15) is 0 Å². The van der Waals surface area contributed by atoms with Gasteiger partial charge in [-0.3, -0.25) is 4.98 Å². The molecule has 0 unspecified atom stereocenters. The van der Waals surface area contributed by atoms with Gasteiger partial charge in [-0.05, 0) is 12.1 Å². The minimum atomic E-state index is -0.412. The van der Waals surface area contributed by atoms with E-state index in [0.29, 0.717) is 16.7 Å². The third-order valence-electron chi connectivity index (χ3n) is 2.20. The van der Waals surface area contributed by atoms with Gasteiger partial charge in [-0.25, -0.2) is 18.7 Å². The van der Waals surface area contributed by atoms with Crippen molar-refractivity contribution in [1.82, 2.24) is 19.6 Å². The average Bonchev–Trinajstić information content (AvgIpc) is 2.60. The van der Waals surface area contributed by atoms with Crippen LogP contribution in [0.2, 0.25) is 0 Å². The van der Waals surface area contributed by atoms with Crippen LogP contribution in [0.3, 0.4) is 0 Å². The summed E-state index contributed by atoms with van der Waals surface area (Å²) < 4.78 is 14.3. The van der Waals surface area contributed by atoms with E-state index in [2.05, 4.69) is 15.2 Å². The molecular formula is C9H5FN4O. The lowest BCUT2D eigenvalue weighted by Gasteiger charge is -1.98.